The van der Waals surface area contributed by atoms with Crippen molar-refractivity contribution < 1.29 is 23.6 Å². The number of amides is 5. The highest BCUT2D eigenvalue weighted by atomic mass is 16.3. The summed E-state index contributed by atoms with van der Waals surface area (Å²) in [7, 11) is 0. The van der Waals surface area contributed by atoms with Crippen molar-refractivity contribution in [2.45, 2.75) is 38.8 Å². The molecule has 9 heteroatoms. The number of urea groups is 1. The third-order valence-corrected chi connectivity index (χ3v) is 6.18. The minimum Gasteiger partial charge on any atom is -0.467 e. The molecule has 4 rings (SSSR count). The number of nitrogens with one attached hydrogen (secondary N) is 3. The summed E-state index contributed by atoms with van der Waals surface area (Å²) in [6, 6.07) is 16.8. The number of imide groups is 1. The molecule has 1 saturated heterocycles. The van der Waals surface area contributed by atoms with Crippen LogP contribution in [0.4, 0.5) is 10.5 Å². The van der Waals surface area contributed by atoms with Crippen LogP contribution in [0.25, 0.3) is 0 Å². The van der Waals surface area contributed by atoms with Crippen LogP contribution in [0.15, 0.2) is 71.3 Å². The molecule has 0 saturated carbocycles. The highest BCUT2D eigenvalue weighted by molar-refractivity contribution is 6.11. The summed E-state index contributed by atoms with van der Waals surface area (Å²) >= 11 is 0. The number of benzene rings is 2. The van der Waals surface area contributed by atoms with E-state index in [2.05, 4.69) is 29.8 Å². The van der Waals surface area contributed by atoms with Crippen LogP contribution in [-0.2, 0) is 21.7 Å². The van der Waals surface area contributed by atoms with Crippen molar-refractivity contribution in [1.29, 1.82) is 0 Å². The van der Waals surface area contributed by atoms with E-state index < -0.39 is 35.8 Å². The van der Waals surface area contributed by atoms with E-state index in [4.69, 9.17) is 4.42 Å². The fraction of sp³-hybridized carbons (Fsp3) is 0.259. The molecule has 0 spiro atoms. The summed E-state index contributed by atoms with van der Waals surface area (Å²) in [5.41, 5.74) is 0.966. The van der Waals surface area contributed by atoms with Crippen LogP contribution in [0.3, 0.4) is 0 Å². The predicted molar refractivity (Wildman–Crippen MR) is 133 cm³/mol. The lowest BCUT2D eigenvalue weighted by Gasteiger charge is -2.23. The number of carbonyl (C=O) groups excluding carboxylic acids is 4. The highest BCUT2D eigenvalue weighted by Gasteiger charge is 2.49. The van der Waals surface area contributed by atoms with Gasteiger partial charge in [-0.05, 0) is 48.2 Å². The molecule has 1 aromatic heterocycles. The Bertz CT molecular complexity index is 1280. The smallest absolute Gasteiger partial charge is 0.325 e. The van der Waals surface area contributed by atoms with Crippen LogP contribution < -0.4 is 16.0 Å². The number of carbonyl (C=O) groups is 4. The molecular weight excluding hydrogens is 460 g/mol. The maximum Gasteiger partial charge on any atom is 0.325 e. The molecule has 1 aliphatic rings. The van der Waals surface area contributed by atoms with E-state index in [0.717, 1.165) is 10.5 Å². The number of furan rings is 1. The van der Waals surface area contributed by atoms with Gasteiger partial charge in [0, 0.05) is 0 Å². The molecule has 186 valence electrons. The molecule has 1 aliphatic heterocycles. The van der Waals surface area contributed by atoms with Gasteiger partial charge in [0.25, 0.3) is 11.8 Å². The van der Waals surface area contributed by atoms with E-state index in [9.17, 15) is 19.2 Å². The fourth-order valence-corrected chi connectivity index (χ4v) is 4.04. The predicted octanol–water partition coefficient (Wildman–Crippen LogP) is 3.74. The molecule has 3 aromatic rings. The van der Waals surface area contributed by atoms with Gasteiger partial charge in [0.15, 0.2) is 0 Å². The van der Waals surface area contributed by atoms with Crippen LogP contribution in [-0.4, -0.2) is 35.2 Å². The van der Waals surface area contributed by atoms with Crippen LogP contribution in [0, 0.1) is 0 Å². The minimum absolute atomic E-state index is 0.188. The summed E-state index contributed by atoms with van der Waals surface area (Å²) in [4.78, 5) is 52.2. The maximum absolute atomic E-state index is 13.2. The lowest BCUT2D eigenvalue weighted by Crippen LogP contribution is -2.42. The molecular formula is C27H28N4O5. The van der Waals surface area contributed by atoms with Crippen LogP contribution >= 0.6 is 0 Å². The lowest BCUT2D eigenvalue weighted by atomic mass is 9.90. The molecule has 0 bridgehead atoms. The topological polar surface area (TPSA) is 121 Å². The van der Waals surface area contributed by atoms with Crippen molar-refractivity contribution in [1.82, 2.24) is 15.5 Å². The van der Waals surface area contributed by atoms with Gasteiger partial charge in [-0.1, -0.05) is 50.2 Å². The van der Waals surface area contributed by atoms with Gasteiger partial charge in [-0.3, -0.25) is 19.3 Å². The lowest BCUT2D eigenvalue weighted by molar-refractivity contribution is -0.133. The third-order valence-electron chi connectivity index (χ3n) is 6.18. The summed E-state index contributed by atoms with van der Waals surface area (Å²) < 4.78 is 5.21. The first-order valence-corrected chi connectivity index (χ1v) is 11.6. The molecule has 1 atom stereocenters. The number of hydrogen-bond donors (Lipinski definition) is 3. The maximum atomic E-state index is 13.2. The normalized spacial score (nSPS) is 17.3. The van der Waals surface area contributed by atoms with E-state index in [-0.39, 0.29) is 17.8 Å². The second-order valence-corrected chi connectivity index (χ2v) is 9.08. The number of hydrogen-bond acceptors (Lipinski definition) is 5. The van der Waals surface area contributed by atoms with Crippen molar-refractivity contribution in [2.75, 3.05) is 11.9 Å². The molecule has 0 aliphatic carbocycles. The SMILES string of the molecule is CC(C)c1ccc(C2(C)NC(=O)N(CC(=O)Nc3ccccc3C(=O)NCc3ccco3)C2=O)cc1. The third kappa shape index (κ3) is 5.00. The average molecular weight is 489 g/mol. The van der Waals surface area contributed by atoms with E-state index in [1.807, 2.05) is 24.3 Å². The van der Waals surface area contributed by atoms with Crippen LogP contribution in [0.1, 0.15) is 53.9 Å². The summed E-state index contributed by atoms with van der Waals surface area (Å²) in [5, 5.41) is 8.08. The van der Waals surface area contributed by atoms with Gasteiger partial charge in [-0.25, -0.2) is 4.79 Å². The Balaban J connectivity index is 1.43. The molecule has 0 radical (unpaired) electrons. The van der Waals surface area contributed by atoms with Gasteiger partial charge in [0.05, 0.1) is 24.1 Å². The van der Waals surface area contributed by atoms with Crippen molar-refractivity contribution in [2.24, 2.45) is 0 Å². The molecule has 36 heavy (non-hydrogen) atoms. The van der Waals surface area contributed by atoms with Crippen molar-refractivity contribution in [3.63, 3.8) is 0 Å². The van der Waals surface area contributed by atoms with Gasteiger partial charge >= 0.3 is 6.03 Å². The summed E-state index contributed by atoms with van der Waals surface area (Å²) in [6.45, 7) is 5.45. The molecule has 1 unspecified atom stereocenters. The van der Waals surface area contributed by atoms with Gasteiger partial charge in [-0.15, -0.1) is 0 Å². The average Bonchev–Trinajstić information content (AvgIpc) is 3.46. The van der Waals surface area contributed by atoms with E-state index >= 15 is 0 Å². The Morgan fingerprint density at radius 3 is 2.42 bits per heavy atom. The Hall–Kier alpha value is -4.40. The molecule has 5 amide bonds. The zero-order valence-corrected chi connectivity index (χ0v) is 20.3. The standard InChI is InChI=1S/C27H28N4O5/c1-17(2)18-10-12-19(13-11-18)27(3)25(34)31(26(35)30-27)16-23(32)29-22-9-5-4-8-21(22)24(33)28-15-20-7-6-14-36-20/h4-14,17H,15-16H2,1-3H3,(H,28,33)(H,29,32)(H,30,35). The molecule has 2 heterocycles. The monoisotopic (exact) mass is 488 g/mol. The zero-order valence-electron chi connectivity index (χ0n) is 20.3. The number of nitrogens with zero attached hydrogens (tertiary/aromatic N) is 1. The number of rotatable bonds is 8. The minimum atomic E-state index is -1.28. The van der Waals surface area contributed by atoms with Gasteiger partial charge in [0.2, 0.25) is 5.91 Å². The van der Waals surface area contributed by atoms with Gasteiger partial charge in [0.1, 0.15) is 17.8 Å². The summed E-state index contributed by atoms with van der Waals surface area (Å²) in [5.74, 6) is -0.621. The van der Waals surface area contributed by atoms with E-state index in [0.29, 0.717) is 17.2 Å². The van der Waals surface area contributed by atoms with Crippen LogP contribution in [0.5, 0.6) is 0 Å². The Kier molecular flexibility index (Phi) is 6.91. The molecule has 3 N–H and O–H groups in total. The first kappa shape index (κ1) is 24.7. The van der Waals surface area contributed by atoms with E-state index in [1.54, 1.807) is 43.3 Å². The van der Waals surface area contributed by atoms with Gasteiger partial charge in [-0.2, -0.15) is 0 Å². The first-order valence-electron chi connectivity index (χ1n) is 11.6. The van der Waals surface area contributed by atoms with Crippen molar-refractivity contribution in [3.8, 4) is 0 Å². The Morgan fingerprint density at radius 1 is 1.03 bits per heavy atom. The van der Waals surface area contributed by atoms with Crippen molar-refractivity contribution in [3.05, 3.63) is 89.4 Å². The molecule has 2 aromatic carbocycles. The quantitative estimate of drug-likeness (QED) is 0.417. The fourth-order valence-electron chi connectivity index (χ4n) is 4.04. The molecule has 1 fully saturated rings. The Morgan fingerprint density at radius 2 is 1.75 bits per heavy atom. The van der Waals surface area contributed by atoms with Gasteiger partial charge < -0.3 is 20.4 Å². The zero-order chi connectivity index (χ0) is 25.9. The number of anilines is 1. The highest BCUT2D eigenvalue weighted by Crippen LogP contribution is 2.30. The van der Waals surface area contributed by atoms with E-state index in [1.165, 1.54) is 6.26 Å². The van der Waals surface area contributed by atoms with Crippen LogP contribution in [0.2, 0.25) is 0 Å². The summed E-state index contributed by atoms with van der Waals surface area (Å²) in [6.07, 6.45) is 1.51. The van der Waals surface area contributed by atoms with Crippen molar-refractivity contribution >= 4 is 29.4 Å². The Labute approximate surface area is 208 Å². The first-order chi connectivity index (χ1) is 17.2. The second-order valence-electron chi connectivity index (χ2n) is 9.08. The number of para-hydroxylation sites is 1. The molecule has 9 nitrogen and oxygen atoms in total. The largest absolute Gasteiger partial charge is 0.467 e. The second kappa shape index (κ2) is 10.1.